The fourth-order valence-electron chi connectivity index (χ4n) is 5.93. The molecule has 1 aliphatic carbocycles. The van der Waals surface area contributed by atoms with Gasteiger partial charge < -0.3 is 19.4 Å². The summed E-state index contributed by atoms with van der Waals surface area (Å²) >= 11 is 0. The van der Waals surface area contributed by atoms with E-state index in [0.29, 0.717) is 11.8 Å². The Kier molecular flexibility index (Phi) is 4.78. The molecular weight excluding hydrogens is 366 g/mol. The molecule has 0 bridgehead atoms. The van der Waals surface area contributed by atoms with Crippen molar-refractivity contribution in [2.75, 3.05) is 64.4 Å². The molecule has 4 heterocycles. The topological polar surface area (TPSA) is 61.8 Å². The quantitative estimate of drug-likeness (QED) is 0.769. The molecule has 7 heteroatoms. The van der Waals surface area contributed by atoms with Crippen LogP contribution in [-0.2, 0) is 9.53 Å². The Hall–Kier alpha value is -1.73. The summed E-state index contributed by atoms with van der Waals surface area (Å²) in [6, 6.07) is 2.08. The lowest BCUT2D eigenvalue weighted by Crippen LogP contribution is -2.64. The maximum absolute atomic E-state index is 13.2. The highest BCUT2D eigenvalue weighted by Crippen LogP contribution is 2.52. The molecule has 3 saturated heterocycles. The average molecular weight is 400 g/mol. The molecule has 158 valence electrons. The van der Waals surface area contributed by atoms with Crippen LogP contribution in [0.2, 0.25) is 0 Å². The third-order valence-electron chi connectivity index (χ3n) is 7.87. The summed E-state index contributed by atoms with van der Waals surface area (Å²) in [6.45, 7) is 9.13. The van der Waals surface area contributed by atoms with E-state index in [1.807, 2.05) is 6.20 Å². The van der Waals surface area contributed by atoms with E-state index in [2.05, 4.69) is 39.7 Å². The fourth-order valence-corrected chi connectivity index (χ4v) is 5.93. The lowest BCUT2D eigenvalue weighted by atomic mass is 9.63. The van der Waals surface area contributed by atoms with Gasteiger partial charge in [0, 0.05) is 62.2 Å². The predicted octanol–water partition coefficient (Wildman–Crippen LogP) is 1.75. The second kappa shape index (κ2) is 7.20. The molecule has 7 nitrogen and oxygen atoms in total. The zero-order valence-electron chi connectivity index (χ0n) is 17.8. The van der Waals surface area contributed by atoms with Crippen LogP contribution in [0, 0.1) is 10.8 Å². The van der Waals surface area contributed by atoms with E-state index in [1.54, 1.807) is 0 Å². The molecular formula is C22H33N5O2. The highest BCUT2D eigenvalue weighted by atomic mass is 16.5. The van der Waals surface area contributed by atoms with Gasteiger partial charge in [0.05, 0.1) is 18.9 Å². The Bertz CT molecular complexity index is 763. The van der Waals surface area contributed by atoms with Gasteiger partial charge in [0.25, 0.3) is 0 Å². The number of hydrogen-bond donors (Lipinski definition) is 0. The standard InChI is InChI=1S/C22H33N5O2/c1-3-21(6-4-7-21)19(28)27-15-22(16-27)14-25(2)13-17(22)18-5-8-23-20(24-18)26-9-11-29-12-10-26/h5,8,17H,3-4,6-7,9-16H2,1-2H3. The van der Waals surface area contributed by atoms with Gasteiger partial charge in [-0.15, -0.1) is 0 Å². The van der Waals surface area contributed by atoms with Crippen LogP contribution in [0.1, 0.15) is 44.2 Å². The number of aromatic nitrogens is 2. The summed E-state index contributed by atoms with van der Waals surface area (Å²) in [5.74, 6) is 1.59. The smallest absolute Gasteiger partial charge is 0.228 e. The first-order chi connectivity index (χ1) is 14.1. The first-order valence-electron chi connectivity index (χ1n) is 11.2. The zero-order valence-corrected chi connectivity index (χ0v) is 17.8. The Labute approximate surface area is 173 Å². The van der Waals surface area contributed by atoms with Crippen molar-refractivity contribution >= 4 is 11.9 Å². The number of carbonyl (C=O) groups excluding carboxylic acids is 1. The van der Waals surface area contributed by atoms with Crippen molar-refractivity contribution in [3.63, 3.8) is 0 Å². The Morgan fingerprint density at radius 3 is 2.66 bits per heavy atom. The van der Waals surface area contributed by atoms with E-state index in [9.17, 15) is 4.79 Å². The van der Waals surface area contributed by atoms with E-state index in [0.717, 1.165) is 83.4 Å². The van der Waals surface area contributed by atoms with Gasteiger partial charge in [0.2, 0.25) is 11.9 Å². The minimum Gasteiger partial charge on any atom is -0.378 e. The summed E-state index contributed by atoms with van der Waals surface area (Å²) < 4.78 is 5.47. The average Bonchev–Trinajstić information content (AvgIpc) is 3.05. The maximum Gasteiger partial charge on any atom is 0.228 e. The lowest BCUT2D eigenvalue weighted by molar-refractivity contribution is -0.160. The first-order valence-corrected chi connectivity index (χ1v) is 11.2. The molecule has 0 aromatic carbocycles. The van der Waals surface area contributed by atoms with Crippen LogP contribution < -0.4 is 4.90 Å². The molecule has 0 N–H and O–H groups in total. The predicted molar refractivity (Wildman–Crippen MR) is 111 cm³/mol. The van der Waals surface area contributed by atoms with Crippen LogP contribution >= 0.6 is 0 Å². The van der Waals surface area contributed by atoms with Crippen molar-refractivity contribution < 1.29 is 9.53 Å². The number of amides is 1. The number of rotatable bonds is 4. The highest BCUT2D eigenvalue weighted by molar-refractivity contribution is 5.84. The van der Waals surface area contributed by atoms with Crippen molar-refractivity contribution in [2.45, 2.75) is 38.5 Å². The minimum absolute atomic E-state index is 0.0555. The minimum atomic E-state index is -0.0555. The van der Waals surface area contributed by atoms with Gasteiger partial charge in [-0.3, -0.25) is 4.79 Å². The number of carbonyl (C=O) groups is 1. The molecule has 5 rings (SSSR count). The fraction of sp³-hybridized carbons (Fsp3) is 0.773. The number of likely N-dealkylation sites (tertiary alicyclic amines) is 2. The molecule has 0 radical (unpaired) electrons. The molecule has 1 aromatic heterocycles. The van der Waals surface area contributed by atoms with Crippen molar-refractivity contribution in [3.05, 3.63) is 18.0 Å². The molecule has 1 spiro atoms. The van der Waals surface area contributed by atoms with Gasteiger partial charge in [0.1, 0.15) is 0 Å². The lowest BCUT2D eigenvalue weighted by Gasteiger charge is -2.55. The largest absolute Gasteiger partial charge is 0.378 e. The third kappa shape index (κ3) is 3.13. The van der Waals surface area contributed by atoms with Crippen LogP contribution in [-0.4, -0.2) is 85.2 Å². The van der Waals surface area contributed by atoms with Crippen LogP contribution in [0.15, 0.2) is 12.3 Å². The van der Waals surface area contributed by atoms with Gasteiger partial charge >= 0.3 is 0 Å². The van der Waals surface area contributed by atoms with Gasteiger partial charge in [-0.2, -0.15) is 0 Å². The Morgan fingerprint density at radius 2 is 2.00 bits per heavy atom. The van der Waals surface area contributed by atoms with Crippen LogP contribution in [0.25, 0.3) is 0 Å². The molecule has 1 saturated carbocycles. The number of likely N-dealkylation sites (N-methyl/N-ethyl adjacent to an activating group) is 1. The number of anilines is 1. The van der Waals surface area contributed by atoms with Gasteiger partial charge in [-0.05, 0) is 32.4 Å². The molecule has 29 heavy (non-hydrogen) atoms. The van der Waals surface area contributed by atoms with Crippen molar-refractivity contribution in [2.24, 2.45) is 10.8 Å². The molecule has 3 aliphatic heterocycles. The third-order valence-corrected chi connectivity index (χ3v) is 7.87. The maximum atomic E-state index is 13.2. The number of morpholine rings is 1. The van der Waals surface area contributed by atoms with Gasteiger partial charge in [-0.25, -0.2) is 9.97 Å². The molecule has 1 unspecified atom stereocenters. The SMILES string of the molecule is CCC1(C(=O)N2CC3(CN(C)CC3c3ccnc(N4CCOCC4)n3)C2)CCC1. The van der Waals surface area contributed by atoms with E-state index in [-0.39, 0.29) is 10.8 Å². The summed E-state index contributed by atoms with van der Waals surface area (Å²) in [6.07, 6.45) is 6.23. The van der Waals surface area contributed by atoms with Crippen LogP contribution in [0.4, 0.5) is 5.95 Å². The summed E-state index contributed by atoms with van der Waals surface area (Å²) in [7, 11) is 2.19. The number of nitrogens with zero attached hydrogens (tertiary/aromatic N) is 5. The molecule has 1 amide bonds. The number of ether oxygens (including phenoxy) is 1. The van der Waals surface area contributed by atoms with E-state index >= 15 is 0 Å². The molecule has 4 aliphatic rings. The Morgan fingerprint density at radius 1 is 1.24 bits per heavy atom. The number of hydrogen-bond acceptors (Lipinski definition) is 6. The van der Waals surface area contributed by atoms with Crippen molar-refractivity contribution in [1.82, 2.24) is 19.8 Å². The summed E-state index contributed by atoms with van der Waals surface area (Å²) in [5.41, 5.74) is 1.21. The summed E-state index contributed by atoms with van der Waals surface area (Å²) in [5, 5.41) is 0. The molecule has 1 atom stereocenters. The van der Waals surface area contributed by atoms with E-state index in [1.165, 1.54) is 6.42 Å². The van der Waals surface area contributed by atoms with Crippen molar-refractivity contribution in [1.29, 1.82) is 0 Å². The molecule has 4 fully saturated rings. The summed E-state index contributed by atoms with van der Waals surface area (Å²) in [4.78, 5) is 29.4. The van der Waals surface area contributed by atoms with E-state index in [4.69, 9.17) is 9.72 Å². The van der Waals surface area contributed by atoms with E-state index < -0.39 is 0 Å². The zero-order chi connectivity index (χ0) is 20.1. The second-order valence-corrected chi connectivity index (χ2v) is 9.64. The van der Waals surface area contributed by atoms with Crippen LogP contribution in [0.3, 0.4) is 0 Å². The van der Waals surface area contributed by atoms with Crippen molar-refractivity contribution in [3.8, 4) is 0 Å². The first kappa shape index (κ1) is 19.2. The monoisotopic (exact) mass is 399 g/mol. The van der Waals surface area contributed by atoms with Gasteiger partial charge in [0.15, 0.2) is 0 Å². The highest BCUT2D eigenvalue weighted by Gasteiger charge is 2.58. The normalized spacial score (nSPS) is 28.3. The second-order valence-electron chi connectivity index (χ2n) is 9.64. The van der Waals surface area contributed by atoms with Gasteiger partial charge in [-0.1, -0.05) is 13.3 Å². The Balaban J connectivity index is 1.33. The molecule has 1 aromatic rings. The van der Waals surface area contributed by atoms with Crippen LogP contribution in [0.5, 0.6) is 0 Å².